The van der Waals surface area contributed by atoms with E-state index in [1.165, 1.54) is 12.2 Å². The molecule has 82 valence electrons. The van der Waals surface area contributed by atoms with Gasteiger partial charge in [0.2, 0.25) is 0 Å². The topological polar surface area (TPSA) is 49.2 Å². The lowest BCUT2D eigenvalue weighted by atomic mass is 10.2. The van der Waals surface area contributed by atoms with Crippen LogP contribution < -0.4 is 4.90 Å². The van der Waals surface area contributed by atoms with E-state index in [1.807, 2.05) is 18.8 Å². The van der Waals surface area contributed by atoms with Crippen LogP contribution >= 0.6 is 11.8 Å². The Kier molecular flexibility index (Phi) is 3.43. The molecule has 1 N–H and O–H groups in total. The lowest BCUT2D eigenvalue weighted by Crippen LogP contribution is -2.32. The summed E-state index contributed by atoms with van der Waals surface area (Å²) in [6, 6.07) is 0.554. The molecule has 0 radical (unpaired) electrons. The number of aliphatic hydroxyl groups excluding tert-OH is 1. The van der Waals surface area contributed by atoms with Gasteiger partial charge in [0, 0.05) is 18.8 Å². The lowest BCUT2D eigenvalue weighted by Gasteiger charge is -2.24. The summed E-state index contributed by atoms with van der Waals surface area (Å²) in [4.78, 5) is 10.6. The molecule has 1 aromatic rings. The molecule has 0 aromatic carbocycles. The van der Waals surface area contributed by atoms with Crippen molar-refractivity contribution in [3.63, 3.8) is 0 Å². The molecule has 0 saturated carbocycles. The Labute approximate surface area is 93.7 Å². The molecule has 4 nitrogen and oxygen atoms in total. The SMILES string of the molecule is CN(c1cncc(CO)n1)C1CCSC1. The van der Waals surface area contributed by atoms with Crippen LogP contribution in [0.3, 0.4) is 0 Å². The molecule has 1 aliphatic heterocycles. The third-order valence-corrected chi connectivity index (χ3v) is 3.79. The van der Waals surface area contributed by atoms with Crippen LogP contribution in [0.25, 0.3) is 0 Å². The molecule has 15 heavy (non-hydrogen) atoms. The van der Waals surface area contributed by atoms with Gasteiger partial charge >= 0.3 is 0 Å². The number of thioether (sulfide) groups is 1. The van der Waals surface area contributed by atoms with E-state index in [-0.39, 0.29) is 6.61 Å². The first kappa shape index (κ1) is 10.7. The van der Waals surface area contributed by atoms with Crippen LogP contribution in [0.5, 0.6) is 0 Å². The number of nitrogens with zero attached hydrogens (tertiary/aromatic N) is 3. The summed E-state index contributed by atoms with van der Waals surface area (Å²) in [6.07, 6.45) is 4.55. The van der Waals surface area contributed by atoms with Crippen molar-refractivity contribution in [2.75, 3.05) is 23.5 Å². The molecule has 1 aliphatic rings. The second kappa shape index (κ2) is 4.81. The highest BCUT2D eigenvalue weighted by atomic mass is 32.2. The molecule has 1 atom stereocenters. The molecule has 2 rings (SSSR count). The van der Waals surface area contributed by atoms with Gasteiger partial charge in [0.1, 0.15) is 5.82 Å². The van der Waals surface area contributed by atoms with Gasteiger partial charge in [-0.1, -0.05) is 0 Å². The minimum Gasteiger partial charge on any atom is -0.390 e. The molecule has 1 saturated heterocycles. The third-order valence-electron chi connectivity index (χ3n) is 2.65. The number of anilines is 1. The van der Waals surface area contributed by atoms with Crippen LogP contribution in [0.15, 0.2) is 12.4 Å². The van der Waals surface area contributed by atoms with E-state index in [0.29, 0.717) is 11.7 Å². The van der Waals surface area contributed by atoms with E-state index in [4.69, 9.17) is 5.11 Å². The summed E-state index contributed by atoms with van der Waals surface area (Å²) in [5.74, 6) is 3.23. The second-order valence-electron chi connectivity index (χ2n) is 3.66. The van der Waals surface area contributed by atoms with E-state index >= 15 is 0 Å². The molecular weight excluding hydrogens is 210 g/mol. The smallest absolute Gasteiger partial charge is 0.147 e. The standard InChI is InChI=1S/C10H15N3OS/c1-13(9-2-3-15-7-9)10-5-11-4-8(6-14)12-10/h4-5,9,14H,2-3,6-7H2,1H3. The maximum absolute atomic E-state index is 8.98. The average Bonchev–Trinajstić information content (AvgIpc) is 2.81. The van der Waals surface area contributed by atoms with Crippen LogP contribution in [0.1, 0.15) is 12.1 Å². The van der Waals surface area contributed by atoms with Gasteiger partial charge in [0.15, 0.2) is 0 Å². The highest BCUT2D eigenvalue weighted by molar-refractivity contribution is 7.99. The van der Waals surface area contributed by atoms with Gasteiger partial charge in [0.05, 0.1) is 24.7 Å². The molecular formula is C10H15N3OS. The zero-order chi connectivity index (χ0) is 10.7. The van der Waals surface area contributed by atoms with Crippen molar-refractivity contribution in [1.29, 1.82) is 0 Å². The Balaban J connectivity index is 2.13. The normalized spacial score (nSPS) is 20.5. The van der Waals surface area contributed by atoms with E-state index in [1.54, 1.807) is 12.4 Å². The van der Waals surface area contributed by atoms with E-state index < -0.39 is 0 Å². The van der Waals surface area contributed by atoms with E-state index in [9.17, 15) is 0 Å². The van der Waals surface area contributed by atoms with Gasteiger partial charge < -0.3 is 10.0 Å². The zero-order valence-electron chi connectivity index (χ0n) is 8.76. The maximum atomic E-state index is 8.98. The Bertz CT molecular complexity index is 328. The predicted octanol–water partition coefficient (Wildman–Crippen LogP) is 0.911. The number of hydrogen-bond acceptors (Lipinski definition) is 5. The Morgan fingerprint density at radius 1 is 1.60 bits per heavy atom. The maximum Gasteiger partial charge on any atom is 0.147 e. The van der Waals surface area contributed by atoms with Gasteiger partial charge in [0.25, 0.3) is 0 Å². The van der Waals surface area contributed by atoms with Gasteiger partial charge in [-0.3, -0.25) is 4.98 Å². The largest absolute Gasteiger partial charge is 0.390 e. The molecule has 1 unspecified atom stereocenters. The third kappa shape index (κ3) is 2.41. The van der Waals surface area contributed by atoms with Crippen LogP contribution in [0.4, 0.5) is 5.82 Å². The molecule has 0 aliphatic carbocycles. The Hall–Kier alpha value is -0.810. The van der Waals surface area contributed by atoms with Crippen LogP contribution in [-0.2, 0) is 6.61 Å². The Morgan fingerprint density at radius 3 is 3.13 bits per heavy atom. The van der Waals surface area contributed by atoms with Crippen molar-refractivity contribution in [2.45, 2.75) is 19.1 Å². The predicted molar refractivity (Wildman–Crippen MR) is 62.1 cm³/mol. The summed E-state index contributed by atoms with van der Waals surface area (Å²) in [5.41, 5.74) is 0.630. The number of aromatic nitrogens is 2. The lowest BCUT2D eigenvalue weighted by molar-refractivity contribution is 0.276. The number of hydrogen-bond donors (Lipinski definition) is 1. The molecule has 0 bridgehead atoms. The Morgan fingerprint density at radius 2 is 2.47 bits per heavy atom. The minimum atomic E-state index is -0.0475. The molecule has 0 spiro atoms. The van der Waals surface area contributed by atoms with Crippen molar-refractivity contribution in [3.8, 4) is 0 Å². The van der Waals surface area contributed by atoms with Gasteiger partial charge in [-0.25, -0.2) is 4.98 Å². The summed E-state index contributed by atoms with van der Waals surface area (Å²) >= 11 is 1.98. The van der Waals surface area contributed by atoms with E-state index in [2.05, 4.69) is 14.9 Å². The molecule has 1 aromatic heterocycles. The molecule has 0 amide bonds. The van der Waals surface area contributed by atoms with Crippen LogP contribution in [-0.4, -0.2) is 39.7 Å². The van der Waals surface area contributed by atoms with Crippen molar-refractivity contribution < 1.29 is 5.11 Å². The molecule has 2 heterocycles. The minimum absolute atomic E-state index is 0.0475. The fourth-order valence-electron chi connectivity index (χ4n) is 1.66. The number of rotatable bonds is 3. The van der Waals surface area contributed by atoms with Crippen molar-refractivity contribution in [3.05, 3.63) is 18.1 Å². The summed E-state index contributed by atoms with van der Waals surface area (Å²) in [7, 11) is 2.04. The first-order valence-electron chi connectivity index (χ1n) is 5.03. The summed E-state index contributed by atoms with van der Waals surface area (Å²) in [6.45, 7) is -0.0475. The monoisotopic (exact) mass is 225 g/mol. The summed E-state index contributed by atoms with van der Waals surface area (Å²) in [5, 5.41) is 8.98. The van der Waals surface area contributed by atoms with Crippen LogP contribution in [0.2, 0.25) is 0 Å². The van der Waals surface area contributed by atoms with Gasteiger partial charge in [-0.05, 0) is 12.2 Å². The quantitative estimate of drug-likeness (QED) is 0.828. The average molecular weight is 225 g/mol. The zero-order valence-corrected chi connectivity index (χ0v) is 9.57. The fourth-order valence-corrected chi connectivity index (χ4v) is 2.92. The highest BCUT2D eigenvalue weighted by Gasteiger charge is 2.21. The molecule has 5 heteroatoms. The fraction of sp³-hybridized carbons (Fsp3) is 0.600. The van der Waals surface area contributed by atoms with Crippen molar-refractivity contribution >= 4 is 17.6 Å². The first-order chi connectivity index (χ1) is 7.31. The van der Waals surface area contributed by atoms with E-state index in [0.717, 1.165) is 11.6 Å². The second-order valence-corrected chi connectivity index (χ2v) is 4.80. The summed E-state index contributed by atoms with van der Waals surface area (Å²) < 4.78 is 0. The van der Waals surface area contributed by atoms with Crippen LogP contribution in [0, 0.1) is 0 Å². The van der Waals surface area contributed by atoms with Crippen molar-refractivity contribution in [1.82, 2.24) is 9.97 Å². The first-order valence-corrected chi connectivity index (χ1v) is 6.19. The van der Waals surface area contributed by atoms with Gasteiger partial charge in [-0.15, -0.1) is 0 Å². The highest BCUT2D eigenvalue weighted by Crippen LogP contribution is 2.24. The molecule has 1 fully saturated rings. The number of aliphatic hydroxyl groups is 1. The van der Waals surface area contributed by atoms with Gasteiger partial charge in [-0.2, -0.15) is 11.8 Å². The van der Waals surface area contributed by atoms with Crippen molar-refractivity contribution in [2.24, 2.45) is 0 Å².